The van der Waals surface area contributed by atoms with Crippen LogP contribution in [-0.4, -0.2) is 25.5 Å². The molecule has 0 aliphatic carbocycles. The first-order chi connectivity index (χ1) is 12.1. The van der Waals surface area contributed by atoms with Gasteiger partial charge in [0.2, 0.25) is 11.8 Å². The van der Waals surface area contributed by atoms with E-state index in [2.05, 4.69) is 5.32 Å². The molecular formula is C19H17N3O3. The molecule has 0 spiro atoms. The lowest BCUT2D eigenvalue weighted by molar-refractivity contribution is -0.122. The molecule has 3 rings (SSSR count). The quantitative estimate of drug-likeness (QED) is 0.931. The maximum absolute atomic E-state index is 12.5. The molecule has 1 aliphatic heterocycles. The molecule has 6 heteroatoms. The third-order valence-electron chi connectivity index (χ3n) is 4.19. The summed E-state index contributed by atoms with van der Waals surface area (Å²) in [5.41, 5.74) is 1.59. The minimum absolute atomic E-state index is 0.0983. The fraction of sp³-hybridized carbons (Fsp3) is 0.211. The third-order valence-corrected chi connectivity index (χ3v) is 4.19. The van der Waals surface area contributed by atoms with Gasteiger partial charge in [0.15, 0.2) is 0 Å². The molecule has 1 N–H and O–H groups in total. The molecule has 6 nitrogen and oxygen atoms in total. The van der Waals surface area contributed by atoms with Crippen LogP contribution in [0.3, 0.4) is 0 Å². The van der Waals surface area contributed by atoms with Crippen LogP contribution in [0, 0.1) is 17.2 Å². The molecule has 0 saturated carbocycles. The van der Waals surface area contributed by atoms with Crippen molar-refractivity contribution >= 4 is 23.2 Å². The number of para-hydroxylation sites is 1. The molecule has 1 unspecified atom stereocenters. The molecule has 2 aromatic rings. The Hall–Kier alpha value is -3.33. The van der Waals surface area contributed by atoms with Crippen LogP contribution in [0.1, 0.15) is 12.0 Å². The lowest BCUT2D eigenvalue weighted by atomic mass is 10.1. The SMILES string of the molecule is COc1ccc(N2CC(C(=O)Nc3ccccc3C#N)CC2=O)cc1. The van der Waals surface area contributed by atoms with Crippen molar-refractivity contribution in [2.75, 3.05) is 23.9 Å². The summed E-state index contributed by atoms with van der Waals surface area (Å²) < 4.78 is 5.11. The van der Waals surface area contributed by atoms with Crippen molar-refractivity contribution in [2.45, 2.75) is 6.42 Å². The van der Waals surface area contributed by atoms with E-state index in [1.54, 1.807) is 60.5 Å². The summed E-state index contributed by atoms with van der Waals surface area (Å²) in [6.07, 6.45) is 0.145. The van der Waals surface area contributed by atoms with Gasteiger partial charge in [-0.25, -0.2) is 0 Å². The van der Waals surface area contributed by atoms with Gasteiger partial charge in [-0.3, -0.25) is 9.59 Å². The minimum atomic E-state index is -0.457. The summed E-state index contributed by atoms with van der Waals surface area (Å²) in [7, 11) is 1.58. The van der Waals surface area contributed by atoms with Crippen molar-refractivity contribution in [2.24, 2.45) is 5.92 Å². The molecule has 126 valence electrons. The lowest BCUT2D eigenvalue weighted by Gasteiger charge is -2.17. The molecule has 2 amide bonds. The van der Waals surface area contributed by atoms with Gasteiger partial charge in [0.05, 0.1) is 24.3 Å². The van der Waals surface area contributed by atoms with E-state index in [0.29, 0.717) is 23.5 Å². The van der Waals surface area contributed by atoms with E-state index in [4.69, 9.17) is 10.00 Å². The number of methoxy groups -OCH3 is 1. The Bertz CT molecular complexity index is 840. The van der Waals surface area contributed by atoms with Crippen LogP contribution in [0.5, 0.6) is 5.75 Å². The summed E-state index contributed by atoms with van der Waals surface area (Å²) in [6.45, 7) is 0.311. The van der Waals surface area contributed by atoms with Crippen molar-refractivity contribution in [3.05, 3.63) is 54.1 Å². The zero-order chi connectivity index (χ0) is 17.8. The number of carbonyl (C=O) groups is 2. The van der Waals surface area contributed by atoms with Crippen LogP contribution in [0.15, 0.2) is 48.5 Å². The first-order valence-electron chi connectivity index (χ1n) is 7.87. The molecule has 25 heavy (non-hydrogen) atoms. The molecule has 0 aromatic heterocycles. The van der Waals surface area contributed by atoms with Crippen molar-refractivity contribution in [1.82, 2.24) is 0 Å². The Morgan fingerprint density at radius 1 is 1.24 bits per heavy atom. The molecule has 0 radical (unpaired) electrons. The van der Waals surface area contributed by atoms with Crippen molar-refractivity contribution in [3.63, 3.8) is 0 Å². The molecule has 1 saturated heterocycles. The Morgan fingerprint density at radius 2 is 1.96 bits per heavy atom. The fourth-order valence-corrected chi connectivity index (χ4v) is 2.82. The van der Waals surface area contributed by atoms with E-state index in [1.165, 1.54) is 0 Å². The first-order valence-corrected chi connectivity index (χ1v) is 7.87. The summed E-state index contributed by atoms with van der Waals surface area (Å²) in [4.78, 5) is 26.4. The zero-order valence-corrected chi connectivity index (χ0v) is 13.7. The smallest absolute Gasteiger partial charge is 0.229 e. The second-order valence-corrected chi connectivity index (χ2v) is 5.75. The summed E-state index contributed by atoms with van der Waals surface area (Å²) in [5, 5.41) is 11.9. The highest BCUT2D eigenvalue weighted by molar-refractivity contribution is 6.03. The number of amides is 2. The molecule has 1 atom stereocenters. The van der Waals surface area contributed by atoms with E-state index >= 15 is 0 Å². The minimum Gasteiger partial charge on any atom is -0.497 e. The number of hydrogen-bond acceptors (Lipinski definition) is 4. The van der Waals surface area contributed by atoms with Gasteiger partial charge >= 0.3 is 0 Å². The van der Waals surface area contributed by atoms with E-state index in [-0.39, 0.29) is 18.2 Å². The number of nitrogens with zero attached hydrogens (tertiary/aromatic N) is 2. The largest absolute Gasteiger partial charge is 0.497 e. The van der Waals surface area contributed by atoms with Crippen molar-refractivity contribution < 1.29 is 14.3 Å². The normalized spacial score (nSPS) is 16.4. The van der Waals surface area contributed by atoms with Crippen molar-refractivity contribution in [3.8, 4) is 11.8 Å². The van der Waals surface area contributed by atoms with E-state index in [0.717, 1.165) is 5.69 Å². The zero-order valence-electron chi connectivity index (χ0n) is 13.7. The number of hydrogen-bond donors (Lipinski definition) is 1. The van der Waals surface area contributed by atoms with Gasteiger partial charge in [-0.05, 0) is 36.4 Å². The third kappa shape index (κ3) is 3.45. The molecule has 2 aromatic carbocycles. The van der Waals surface area contributed by atoms with Crippen LogP contribution in [-0.2, 0) is 9.59 Å². The number of anilines is 2. The van der Waals surface area contributed by atoms with Crippen LogP contribution in [0.25, 0.3) is 0 Å². The topological polar surface area (TPSA) is 82.4 Å². The van der Waals surface area contributed by atoms with Gasteiger partial charge in [-0.1, -0.05) is 12.1 Å². The van der Waals surface area contributed by atoms with E-state index < -0.39 is 5.92 Å². The van der Waals surface area contributed by atoms with Crippen LogP contribution in [0.2, 0.25) is 0 Å². The number of rotatable bonds is 4. The molecule has 0 bridgehead atoms. The summed E-state index contributed by atoms with van der Waals surface area (Å²) >= 11 is 0. The van der Waals surface area contributed by atoms with Crippen LogP contribution < -0.4 is 15.0 Å². The van der Waals surface area contributed by atoms with Gasteiger partial charge < -0.3 is 15.0 Å². The number of ether oxygens (including phenoxy) is 1. The molecule has 1 fully saturated rings. The fourth-order valence-electron chi connectivity index (χ4n) is 2.82. The highest BCUT2D eigenvalue weighted by atomic mass is 16.5. The Labute approximate surface area is 145 Å². The maximum Gasteiger partial charge on any atom is 0.229 e. The predicted octanol–water partition coefficient (Wildman–Crippen LogP) is 2.56. The molecule has 1 aliphatic rings. The molecule has 1 heterocycles. The average Bonchev–Trinajstić information content (AvgIpc) is 3.04. The second-order valence-electron chi connectivity index (χ2n) is 5.75. The van der Waals surface area contributed by atoms with E-state index in [9.17, 15) is 9.59 Å². The monoisotopic (exact) mass is 335 g/mol. The van der Waals surface area contributed by atoms with Gasteiger partial charge in [-0.15, -0.1) is 0 Å². The van der Waals surface area contributed by atoms with Gasteiger partial charge in [0.1, 0.15) is 11.8 Å². The standard InChI is InChI=1S/C19H17N3O3/c1-25-16-8-6-15(7-9-16)22-12-14(10-18(22)23)19(24)21-17-5-3-2-4-13(17)11-20/h2-9,14H,10,12H2,1H3,(H,21,24). The number of nitriles is 1. The highest BCUT2D eigenvalue weighted by Gasteiger charge is 2.35. The molecular weight excluding hydrogens is 318 g/mol. The Morgan fingerprint density at radius 3 is 2.64 bits per heavy atom. The highest BCUT2D eigenvalue weighted by Crippen LogP contribution is 2.27. The van der Waals surface area contributed by atoms with Crippen LogP contribution in [0.4, 0.5) is 11.4 Å². The van der Waals surface area contributed by atoms with E-state index in [1.807, 2.05) is 6.07 Å². The number of carbonyl (C=O) groups excluding carboxylic acids is 2. The Balaban J connectivity index is 1.71. The average molecular weight is 335 g/mol. The van der Waals surface area contributed by atoms with Gasteiger partial charge in [-0.2, -0.15) is 5.26 Å². The Kier molecular flexibility index (Phi) is 4.66. The second kappa shape index (κ2) is 7.05. The van der Waals surface area contributed by atoms with Gasteiger partial charge in [0, 0.05) is 18.7 Å². The first kappa shape index (κ1) is 16.5. The number of nitrogens with one attached hydrogen (secondary N) is 1. The van der Waals surface area contributed by atoms with Gasteiger partial charge in [0.25, 0.3) is 0 Å². The maximum atomic E-state index is 12.5. The van der Waals surface area contributed by atoms with Crippen LogP contribution >= 0.6 is 0 Å². The number of benzene rings is 2. The predicted molar refractivity (Wildman–Crippen MR) is 93.2 cm³/mol. The summed E-state index contributed by atoms with van der Waals surface area (Å²) in [6, 6.07) is 16.0. The summed E-state index contributed by atoms with van der Waals surface area (Å²) in [5.74, 6) is -0.106. The van der Waals surface area contributed by atoms with Crippen molar-refractivity contribution in [1.29, 1.82) is 5.26 Å². The lowest BCUT2D eigenvalue weighted by Crippen LogP contribution is -2.28.